The molecule has 1 aromatic heterocycles. The van der Waals surface area contributed by atoms with E-state index in [1.54, 1.807) is 39.5 Å². The second kappa shape index (κ2) is 5.82. The van der Waals surface area contributed by atoms with Crippen LogP contribution in [0.3, 0.4) is 0 Å². The van der Waals surface area contributed by atoms with Crippen molar-refractivity contribution >= 4 is 11.7 Å². The van der Waals surface area contributed by atoms with Crippen LogP contribution in [-0.2, 0) is 4.74 Å². The lowest BCUT2D eigenvalue weighted by Gasteiger charge is -2.25. The van der Waals surface area contributed by atoms with Crippen molar-refractivity contribution in [3.8, 4) is 0 Å². The molecule has 0 spiro atoms. The Morgan fingerprint density at radius 3 is 2.56 bits per heavy atom. The predicted octanol–water partition coefficient (Wildman–Crippen LogP) is 1.62. The summed E-state index contributed by atoms with van der Waals surface area (Å²) in [5.41, 5.74) is 0.379. The first-order chi connectivity index (χ1) is 8.35. The quantitative estimate of drug-likeness (QED) is 0.864. The number of hydrogen-bond donors (Lipinski definition) is 1. The van der Waals surface area contributed by atoms with E-state index < -0.39 is 0 Å². The van der Waals surface area contributed by atoms with E-state index in [0.717, 1.165) is 5.82 Å². The van der Waals surface area contributed by atoms with Gasteiger partial charge in [-0.1, -0.05) is 0 Å². The van der Waals surface area contributed by atoms with Crippen molar-refractivity contribution in [2.45, 2.75) is 19.4 Å². The van der Waals surface area contributed by atoms with Gasteiger partial charge in [-0.15, -0.1) is 0 Å². The van der Waals surface area contributed by atoms with E-state index in [0.29, 0.717) is 12.2 Å². The van der Waals surface area contributed by atoms with Gasteiger partial charge in [0.25, 0.3) is 5.91 Å². The van der Waals surface area contributed by atoms with Gasteiger partial charge in [0.2, 0.25) is 0 Å². The van der Waals surface area contributed by atoms with E-state index >= 15 is 0 Å². The number of methoxy groups -OCH3 is 1. The van der Waals surface area contributed by atoms with Crippen LogP contribution < -0.4 is 5.32 Å². The molecule has 0 atom stereocenters. The molecule has 0 aliphatic heterocycles. The maximum atomic E-state index is 11.7. The monoisotopic (exact) mass is 251 g/mol. The van der Waals surface area contributed by atoms with Crippen molar-refractivity contribution < 1.29 is 9.53 Å². The fraction of sp³-hybridized carbons (Fsp3) is 0.538. The lowest BCUT2D eigenvalue weighted by molar-refractivity contribution is 0.0827. The summed E-state index contributed by atoms with van der Waals surface area (Å²) >= 11 is 0. The predicted molar refractivity (Wildman–Crippen MR) is 71.8 cm³/mol. The van der Waals surface area contributed by atoms with Gasteiger partial charge in [0.15, 0.2) is 0 Å². The number of pyridine rings is 1. The Kier molecular flexibility index (Phi) is 4.67. The number of carbonyl (C=O) groups excluding carboxylic acids is 1. The van der Waals surface area contributed by atoms with E-state index in [-0.39, 0.29) is 11.4 Å². The molecule has 1 aromatic rings. The van der Waals surface area contributed by atoms with Crippen LogP contribution in [0.5, 0.6) is 0 Å². The van der Waals surface area contributed by atoms with Crippen molar-refractivity contribution in [1.29, 1.82) is 0 Å². The lowest BCUT2D eigenvalue weighted by atomic mass is 10.1. The average Bonchev–Trinajstić information content (AvgIpc) is 2.28. The van der Waals surface area contributed by atoms with Crippen molar-refractivity contribution in [3.63, 3.8) is 0 Å². The van der Waals surface area contributed by atoms with E-state index in [9.17, 15) is 4.79 Å². The molecule has 0 unspecified atom stereocenters. The molecule has 1 N–H and O–H groups in total. The minimum Gasteiger partial charge on any atom is -0.382 e. The van der Waals surface area contributed by atoms with Crippen molar-refractivity contribution in [1.82, 2.24) is 9.88 Å². The third-order valence-electron chi connectivity index (χ3n) is 2.39. The average molecular weight is 251 g/mol. The number of aromatic nitrogens is 1. The van der Waals surface area contributed by atoms with Crippen LogP contribution in [0.15, 0.2) is 18.3 Å². The van der Waals surface area contributed by atoms with Crippen LogP contribution in [0.2, 0.25) is 0 Å². The zero-order valence-corrected chi connectivity index (χ0v) is 11.7. The Balaban J connectivity index is 2.75. The number of anilines is 1. The first kappa shape index (κ1) is 14.4. The Morgan fingerprint density at radius 2 is 2.11 bits per heavy atom. The summed E-state index contributed by atoms with van der Waals surface area (Å²) in [5.74, 6) is 0.678. The number of ether oxygens (including phenoxy) is 1. The summed E-state index contributed by atoms with van der Waals surface area (Å²) in [4.78, 5) is 17.5. The number of nitrogens with zero attached hydrogens (tertiary/aromatic N) is 2. The summed E-state index contributed by atoms with van der Waals surface area (Å²) in [5, 5.41) is 3.25. The molecular formula is C13H21N3O2. The van der Waals surface area contributed by atoms with E-state index in [2.05, 4.69) is 10.3 Å². The van der Waals surface area contributed by atoms with E-state index in [1.807, 2.05) is 13.8 Å². The maximum absolute atomic E-state index is 11.7. The van der Waals surface area contributed by atoms with Gasteiger partial charge in [0, 0.05) is 27.4 Å². The third kappa shape index (κ3) is 4.00. The minimum absolute atomic E-state index is 0.0507. The molecular weight excluding hydrogens is 230 g/mol. The highest BCUT2D eigenvalue weighted by atomic mass is 16.5. The molecule has 1 amide bonds. The number of hydrogen-bond acceptors (Lipinski definition) is 4. The number of carbonyl (C=O) groups is 1. The Hall–Kier alpha value is -1.62. The van der Waals surface area contributed by atoms with Crippen LogP contribution in [-0.4, -0.2) is 49.1 Å². The van der Waals surface area contributed by atoms with Crippen molar-refractivity contribution in [2.75, 3.05) is 33.1 Å². The van der Waals surface area contributed by atoms with Gasteiger partial charge in [-0.25, -0.2) is 4.98 Å². The number of nitrogens with one attached hydrogen (secondary N) is 1. The van der Waals surface area contributed by atoms with E-state index in [1.165, 1.54) is 4.90 Å². The summed E-state index contributed by atoms with van der Waals surface area (Å²) in [6, 6.07) is 3.56. The van der Waals surface area contributed by atoms with Gasteiger partial charge in [-0.3, -0.25) is 4.79 Å². The molecule has 0 saturated heterocycles. The molecule has 100 valence electrons. The van der Waals surface area contributed by atoms with Gasteiger partial charge < -0.3 is 15.0 Å². The van der Waals surface area contributed by atoms with Gasteiger partial charge in [-0.05, 0) is 26.0 Å². The van der Waals surface area contributed by atoms with Crippen LogP contribution >= 0.6 is 0 Å². The zero-order valence-electron chi connectivity index (χ0n) is 11.7. The molecule has 0 fully saturated rings. The highest BCUT2D eigenvalue weighted by molar-refractivity contribution is 5.93. The summed E-state index contributed by atoms with van der Waals surface area (Å²) < 4.78 is 5.12. The lowest BCUT2D eigenvalue weighted by Crippen LogP contribution is -2.36. The highest BCUT2D eigenvalue weighted by Gasteiger charge is 2.17. The molecule has 0 radical (unpaired) electrons. The highest BCUT2D eigenvalue weighted by Crippen LogP contribution is 2.13. The topological polar surface area (TPSA) is 54.5 Å². The summed E-state index contributed by atoms with van der Waals surface area (Å²) in [6.45, 7) is 4.63. The summed E-state index contributed by atoms with van der Waals surface area (Å²) in [7, 11) is 5.10. The second-order valence-electron chi connectivity index (χ2n) is 5.07. The van der Waals surface area contributed by atoms with Crippen LogP contribution in [0.4, 0.5) is 5.82 Å². The Morgan fingerprint density at radius 1 is 1.44 bits per heavy atom. The van der Waals surface area contributed by atoms with Gasteiger partial charge >= 0.3 is 0 Å². The van der Waals surface area contributed by atoms with Crippen LogP contribution in [0.25, 0.3) is 0 Å². The van der Waals surface area contributed by atoms with Crippen molar-refractivity contribution in [2.24, 2.45) is 0 Å². The third-order valence-corrected chi connectivity index (χ3v) is 2.39. The van der Waals surface area contributed by atoms with Gasteiger partial charge in [-0.2, -0.15) is 0 Å². The fourth-order valence-electron chi connectivity index (χ4n) is 1.60. The normalized spacial score (nSPS) is 11.2. The number of amides is 1. The molecule has 0 aliphatic carbocycles. The molecule has 1 rings (SSSR count). The second-order valence-corrected chi connectivity index (χ2v) is 5.07. The molecule has 1 heterocycles. The molecule has 18 heavy (non-hydrogen) atoms. The first-order valence-corrected chi connectivity index (χ1v) is 5.80. The smallest absolute Gasteiger partial charge is 0.254 e. The molecule has 0 bridgehead atoms. The molecule has 0 aromatic carbocycles. The zero-order chi connectivity index (χ0) is 13.8. The standard InChI is InChI=1S/C13H21N3O2/c1-13(2,9-18-5)15-11-7-6-10(8-14-11)12(17)16(3)4/h6-8H,9H2,1-5H3,(H,14,15). The first-order valence-electron chi connectivity index (χ1n) is 5.80. The maximum Gasteiger partial charge on any atom is 0.254 e. The SMILES string of the molecule is COCC(C)(C)Nc1ccc(C(=O)N(C)C)cn1. The Labute approximate surface area is 108 Å². The molecule has 5 nitrogen and oxygen atoms in total. The Bertz CT molecular complexity index is 399. The van der Waals surface area contributed by atoms with Crippen LogP contribution in [0, 0.1) is 0 Å². The van der Waals surface area contributed by atoms with Gasteiger partial charge in [0.1, 0.15) is 5.82 Å². The molecule has 5 heteroatoms. The summed E-state index contributed by atoms with van der Waals surface area (Å²) in [6.07, 6.45) is 1.58. The van der Waals surface area contributed by atoms with E-state index in [4.69, 9.17) is 4.74 Å². The minimum atomic E-state index is -0.200. The fourth-order valence-corrected chi connectivity index (χ4v) is 1.60. The van der Waals surface area contributed by atoms with Crippen LogP contribution in [0.1, 0.15) is 24.2 Å². The molecule has 0 saturated carbocycles. The number of rotatable bonds is 5. The van der Waals surface area contributed by atoms with Gasteiger partial charge in [0.05, 0.1) is 17.7 Å². The van der Waals surface area contributed by atoms with Crippen molar-refractivity contribution in [3.05, 3.63) is 23.9 Å². The molecule has 0 aliphatic rings. The largest absolute Gasteiger partial charge is 0.382 e.